The maximum absolute atomic E-state index is 11.6. The molecule has 0 aliphatic carbocycles. The Balaban J connectivity index is 2.69. The van der Waals surface area contributed by atoms with Gasteiger partial charge in [0, 0.05) is 24.4 Å². The Morgan fingerprint density at radius 1 is 1.80 bits per heavy atom. The first-order valence-electron chi connectivity index (χ1n) is 4.80. The van der Waals surface area contributed by atoms with E-state index in [1.54, 1.807) is 4.90 Å². The van der Waals surface area contributed by atoms with Crippen molar-refractivity contribution in [3.8, 4) is 12.3 Å². The van der Waals surface area contributed by atoms with Gasteiger partial charge in [0.1, 0.15) is 0 Å². The van der Waals surface area contributed by atoms with Gasteiger partial charge < -0.3 is 4.90 Å². The second-order valence-electron chi connectivity index (χ2n) is 4.19. The summed E-state index contributed by atoms with van der Waals surface area (Å²) < 4.78 is 0. The van der Waals surface area contributed by atoms with Crippen LogP contribution >= 0.6 is 0 Å². The van der Waals surface area contributed by atoms with E-state index in [-0.39, 0.29) is 11.8 Å². The number of carbonyl (C=O) groups excluding carboxylic acids is 1. The highest BCUT2D eigenvalue weighted by Gasteiger charge is 2.37. The summed E-state index contributed by atoms with van der Waals surface area (Å²) in [6, 6.07) is 0. The van der Waals surface area contributed by atoms with Crippen LogP contribution in [0.25, 0.3) is 10.4 Å². The van der Waals surface area contributed by atoms with E-state index in [1.165, 1.54) is 0 Å². The zero-order valence-corrected chi connectivity index (χ0v) is 8.97. The SMILES string of the molecule is C#CC(C)(C)N1CC(CN=[N+]=[N-])CC1=O. The molecular weight excluding hydrogens is 192 g/mol. The van der Waals surface area contributed by atoms with Gasteiger partial charge in [-0.3, -0.25) is 4.79 Å². The topological polar surface area (TPSA) is 69.1 Å². The maximum Gasteiger partial charge on any atom is 0.224 e. The summed E-state index contributed by atoms with van der Waals surface area (Å²) in [5, 5.41) is 3.48. The standard InChI is InChI=1S/C10H14N4O/c1-4-10(2,3)14-7-8(5-9(14)15)6-12-13-11/h1,8H,5-7H2,2-3H3. The van der Waals surface area contributed by atoms with Gasteiger partial charge in [-0.15, -0.1) is 6.42 Å². The first kappa shape index (κ1) is 11.4. The summed E-state index contributed by atoms with van der Waals surface area (Å²) in [5.74, 6) is 2.73. The number of nitrogens with zero attached hydrogens (tertiary/aromatic N) is 4. The quantitative estimate of drug-likeness (QED) is 0.299. The normalized spacial score (nSPS) is 21.0. The molecule has 1 aliphatic heterocycles. The molecule has 1 heterocycles. The van der Waals surface area contributed by atoms with Crippen molar-refractivity contribution in [1.82, 2.24) is 4.90 Å². The van der Waals surface area contributed by atoms with Gasteiger partial charge >= 0.3 is 0 Å². The van der Waals surface area contributed by atoms with E-state index in [1.807, 2.05) is 13.8 Å². The first-order valence-corrected chi connectivity index (χ1v) is 4.80. The molecule has 1 unspecified atom stereocenters. The van der Waals surface area contributed by atoms with Crippen LogP contribution in [0.1, 0.15) is 20.3 Å². The molecule has 0 aromatic heterocycles. The average Bonchev–Trinajstić information content (AvgIpc) is 2.57. The molecule has 0 bridgehead atoms. The van der Waals surface area contributed by atoms with Crippen LogP contribution in [0.4, 0.5) is 0 Å². The molecule has 0 spiro atoms. The summed E-state index contributed by atoms with van der Waals surface area (Å²) in [5.41, 5.74) is 7.64. The number of rotatable bonds is 3. The van der Waals surface area contributed by atoms with Crippen LogP contribution in [0.3, 0.4) is 0 Å². The highest BCUT2D eigenvalue weighted by Crippen LogP contribution is 2.25. The minimum Gasteiger partial charge on any atom is -0.326 e. The lowest BCUT2D eigenvalue weighted by atomic mass is 10.1. The molecule has 1 saturated heterocycles. The number of hydrogen-bond donors (Lipinski definition) is 0. The van der Waals surface area contributed by atoms with E-state index in [0.717, 1.165) is 0 Å². The van der Waals surface area contributed by atoms with Crippen molar-refractivity contribution in [1.29, 1.82) is 0 Å². The lowest BCUT2D eigenvalue weighted by Crippen LogP contribution is -2.43. The third-order valence-electron chi connectivity index (χ3n) is 2.64. The molecule has 1 fully saturated rings. The van der Waals surface area contributed by atoms with Gasteiger partial charge in [0.2, 0.25) is 5.91 Å². The van der Waals surface area contributed by atoms with Crippen LogP contribution < -0.4 is 0 Å². The Morgan fingerprint density at radius 3 is 3.00 bits per heavy atom. The minimum absolute atomic E-state index is 0.0380. The van der Waals surface area contributed by atoms with Crippen molar-refractivity contribution < 1.29 is 4.79 Å². The second kappa shape index (κ2) is 4.24. The van der Waals surface area contributed by atoms with Gasteiger partial charge in [0.15, 0.2) is 0 Å². The Labute approximate surface area is 89.1 Å². The molecule has 15 heavy (non-hydrogen) atoms. The zero-order chi connectivity index (χ0) is 11.5. The van der Waals surface area contributed by atoms with Gasteiger partial charge in [0.05, 0.1) is 5.54 Å². The first-order chi connectivity index (χ1) is 7.01. The molecule has 0 saturated carbocycles. The fourth-order valence-corrected chi connectivity index (χ4v) is 1.67. The fraction of sp³-hybridized carbons (Fsp3) is 0.700. The van der Waals surface area contributed by atoms with E-state index >= 15 is 0 Å². The van der Waals surface area contributed by atoms with Crippen LogP contribution in [0.15, 0.2) is 5.11 Å². The molecule has 0 N–H and O–H groups in total. The van der Waals surface area contributed by atoms with Crippen molar-refractivity contribution in [2.45, 2.75) is 25.8 Å². The molecule has 80 valence electrons. The molecular formula is C10H14N4O. The summed E-state index contributed by atoms with van der Waals surface area (Å²) in [7, 11) is 0. The van der Waals surface area contributed by atoms with E-state index in [0.29, 0.717) is 19.5 Å². The minimum atomic E-state index is -0.553. The van der Waals surface area contributed by atoms with Gasteiger partial charge in [-0.2, -0.15) is 0 Å². The van der Waals surface area contributed by atoms with E-state index in [2.05, 4.69) is 15.9 Å². The average molecular weight is 206 g/mol. The summed E-state index contributed by atoms with van der Waals surface area (Å²) >= 11 is 0. The van der Waals surface area contributed by atoms with Crippen LogP contribution in [-0.2, 0) is 4.79 Å². The Morgan fingerprint density at radius 2 is 2.47 bits per heavy atom. The van der Waals surface area contributed by atoms with Crippen LogP contribution in [0.5, 0.6) is 0 Å². The van der Waals surface area contributed by atoms with Gasteiger partial charge in [-0.05, 0) is 25.3 Å². The molecule has 5 nitrogen and oxygen atoms in total. The van der Waals surface area contributed by atoms with Crippen molar-refractivity contribution >= 4 is 5.91 Å². The Bertz CT molecular complexity index is 349. The zero-order valence-electron chi connectivity index (χ0n) is 8.97. The number of carbonyl (C=O) groups is 1. The van der Waals surface area contributed by atoms with Crippen molar-refractivity contribution in [3.63, 3.8) is 0 Å². The number of terminal acetylenes is 1. The number of likely N-dealkylation sites (tertiary alicyclic amines) is 1. The van der Waals surface area contributed by atoms with E-state index < -0.39 is 5.54 Å². The summed E-state index contributed by atoms with van der Waals surface area (Å²) in [6.45, 7) is 4.61. The largest absolute Gasteiger partial charge is 0.326 e. The van der Waals surface area contributed by atoms with E-state index in [4.69, 9.17) is 12.0 Å². The molecule has 1 amide bonds. The smallest absolute Gasteiger partial charge is 0.224 e. The van der Waals surface area contributed by atoms with Crippen molar-refractivity contribution in [3.05, 3.63) is 10.4 Å². The molecule has 1 atom stereocenters. The van der Waals surface area contributed by atoms with Crippen molar-refractivity contribution in [2.24, 2.45) is 11.0 Å². The Hall–Kier alpha value is -1.66. The molecule has 0 aromatic carbocycles. The van der Waals surface area contributed by atoms with Crippen LogP contribution in [0, 0.1) is 18.3 Å². The van der Waals surface area contributed by atoms with Gasteiger partial charge in [-0.1, -0.05) is 11.0 Å². The van der Waals surface area contributed by atoms with Gasteiger partial charge in [0.25, 0.3) is 0 Å². The molecule has 1 aliphatic rings. The van der Waals surface area contributed by atoms with Crippen molar-refractivity contribution in [2.75, 3.05) is 13.1 Å². The Kier molecular flexibility index (Phi) is 3.23. The summed E-state index contributed by atoms with van der Waals surface area (Å²) in [4.78, 5) is 16.0. The molecule has 5 heteroatoms. The fourth-order valence-electron chi connectivity index (χ4n) is 1.67. The third kappa shape index (κ3) is 2.42. The number of hydrogen-bond acceptors (Lipinski definition) is 2. The lowest BCUT2D eigenvalue weighted by molar-refractivity contribution is -0.130. The summed E-state index contributed by atoms with van der Waals surface area (Å²) in [6.07, 6.45) is 5.79. The second-order valence-corrected chi connectivity index (χ2v) is 4.19. The van der Waals surface area contributed by atoms with Gasteiger partial charge in [-0.25, -0.2) is 0 Å². The number of azide groups is 1. The lowest BCUT2D eigenvalue weighted by Gasteiger charge is -2.30. The highest BCUT2D eigenvalue weighted by molar-refractivity contribution is 5.80. The third-order valence-corrected chi connectivity index (χ3v) is 2.64. The van der Waals surface area contributed by atoms with Crippen LogP contribution in [-0.4, -0.2) is 29.4 Å². The predicted molar refractivity (Wildman–Crippen MR) is 56.7 cm³/mol. The number of amides is 1. The van der Waals surface area contributed by atoms with Crippen LogP contribution in [0.2, 0.25) is 0 Å². The molecule has 0 radical (unpaired) electrons. The monoisotopic (exact) mass is 206 g/mol. The predicted octanol–water partition coefficient (Wildman–Crippen LogP) is 1.56. The highest BCUT2D eigenvalue weighted by atomic mass is 16.2. The molecule has 1 rings (SSSR count). The maximum atomic E-state index is 11.6. The van der Waals surface area contributed by atoms with E-state index in [9.17, 15) is 4.79 Å². The molecule has 0 aromatic rings.